The van der Waals surface area contributed by atoms with Crippen molar-refractivity contribution in [2.45, 2.75) is 23.1 Å². The lowest BCUT2D eigenvalue weighted by molar-refractivity contribution is -0.132. The molecule has 1 N–H and O–H groups in total. The molecule has 1 aliphatic heterocycles. The van der Waals surface area contributed by atoms with Crippen molar-refractivity contribution in [1.82, 2.24) is 10.2 Å². The highest BCUT2D eigenvalue weighted by Gasteiger charge is 2.48. The standard InChI is InChI=1S/C34H26ClN3O5S2/c1-2-42-24-17-15-21(16-18-24)30(39)28-29(22-10-8-13-26(19-22)43-25-11-4-3-5-12-25)38(32(41)31(28)40)33-36-37-34(45-33)44-20-23-9-6-7-14-27(23)35/h3-19,29,39H,2,20H2,1H3/b30-28-. The number of ether oxygens (including phenoxy) is 2. The third-order valence-electron chi connectivity index (χ3n) is 6.95. The number of amides is 1. The van der Waals surface area contributed by atoms with Crippen molar-refractivity contribution in [3.05, 3.63) is 130 Å². The molecule has 0 saturated carbocycles. The van der Waals surface area contributed by atoms with Gasteiger partial charge < -0.3 is 14.6 Å². The molecule has 0 spiro atoms. The number of Topliss-reactive ketones (excluding diaryl/α,β-unsaturated/α-hetero) is 1. The largest absolute Gasteiger partial charge is 0.507 e. The number of carbonyl (C=O) groups excluding carboxylic acids is 2. The van der Waals surface area contributed by atoms with E-state index in [9.17, 15) is 14.7 Å². The van der Waals surface area contributed by atoms with E-state index in [1.165, 1.54) is 28.0 Å². The summed E-state index contributed by atoms with van der Waals surface area (Å²) < 4.78 is 12.2. The number of benzene rings is 4. The highest BCUT2D eigenvalue weighted by molar-refractivity contribution is 8.00. The van der Waals surface area contributed by atoms with Crippen LogP contribution >= 0.6 is 34.7 Å². The summed E-state index contributed by atoms with van der Waals surface area (Å²) in [6.07, 6.45) is 0. The molecule has 1 saturated heterocycles. The summed E-state index contributed by atoms with van der Waals surface area (Å²) in [5.74, 6) is 0.333. The number of thioether (sulfide) groups is 1. The van der Waals surface area contributed by atoms with Gasteiger partial charge >= 0.3 is 5.91 Å². The van der Waals surface area contributed by atoms with Crippen LogP contribution in [0.2, 0.25) is 5.02 Å². The molecule has 226 valence electrons. The van der Waals surface area contributed by atoms with Crippen molar-refractivity contribution in [3.63, 3.8) is 0 Å². The molecule has 6 rings (SSSR count). The van der Waals surface area contributed by atoms with Crippen LogP contribution in [-0.2, 0) is 15.3 Å². The predicted octanol–water partition coefficient (Wildman–Crippen LogP) is 8.30. The van der Waals surface area contributed by atoms with E-state index in [1.54, 1.807) is 48.5 Å². The highest BCUT2D eigenvalue weighted by atomic mass is 35.5. The summed E-state index contributed by atoms with van der Waals surface area (Å²) in [5, 5.41) is 21.0. The normalized spacial score (nSPS) is 15.8. The van der Waals surface area contributed by atoms with Gasteiger partial charge in [-0.2, -0.15) is 0 Å². The lowest BCUT2D eigenvalue weighted by atomic mass is 9.95. The number of aliphatic hydroxyl groups is 1. The second kappa shape index (κ2) is 13.6. The van der Waals surface area contributed by atoms with Gasteiger partial charge in [0.2, 0.25) is 5.13 Å². The van der Waals surface area contributed by atoms with E-state index in [-0.39, 0.29) is 16.5 Å². The van der Waals surface area contributed by atoms with Crippen LogP contribution in [-0.4, -0.2) is 33.6 Å². The SMILES string of the molecule is CCOc1ccc(/C(O)=C2/C(=O)C(=O)N(c3nnc(SCc4ccccc4Cl)s3)C2c2cccc(Oc3ccccc3)c2)cc1. The number of hydrogen-bond acceptors (Lipinski definition) is 9. The van der Waals surface area contributed by atoms with Gasteiger partial charge in [-0.1, -0.05) is 83.2 Å². The van der Waals surface area contributed by atoms with Crippen LogP contribution in [0, 0.1) is 0 Å². The Bertz CT molecular complexity index is 1880. The van der Waals surface area contributed by atoms with Crippen molar-refractivity contribution in [1.29, 1.82) is 0 Å². The Kier molecular flexibility index (Phi) is 9.16. The van der Waals surface area contributed by atoms with Crippen molar-refractivity contribution < 1.29 is 24.2 Å². The van der Waals surface area contributed by atoms with E-state index in [1.807, 2.05) is 61.5 Å². The molecule has 8 nitrogen and oxygen atoms in total. The van der Waals surface area contributed by atoms with Crippen LogP contribution < -0.4 is 14.4 Å². The summed E-state index contributed by atoms with van der Waals surface area (Å²) >= 11 is 8.93. The van der Waals surface area contributed by atoms with Crippen molar-refractivity contribution in [2.75, 3.05) is 11.5 Å². The summed E-state index contributed by atoms with van der Waals surface area (Å²) in [4.78, 5) is 28.6. The van der Waals surface area contributed by atoms with Crippen LogP contribution in [0.15, 0.2) is 113 Å². The quantitative estimate of drug-likeness (QED) is 0.0527. The zero-order chi connectivity index (χ0) is 31.3. The fourth-order valence-electron chi connectivity index (χ4n) is 4.86. The lowest BCUT2D eigenvalue weighted by Crippen LogP contribution is -2.29. The van der Waals surface area contributed by atoms with Crippen molar-refractivity contribution >= 4 is 57.3 Å². The molecule has 1 fully saturated rings. The molecule has 45 heavy (non-hydrogen) atoms. The van der Waals surface area contributed by atoms with Crippen LogP contribution in [0.3, 0.4) is 0 Å². The smallest absolute Gasteiger partial charge is 0.301 e. The van der Waals surface area contributed by atoms with Gasteiger partial charge in [-0.15, -0.1) is 10.2 Å². The molecule has 1 atom stereocenters. The van der Waals surface area contributed by atoms with E-state index in [2.05, 4.69) is 10.2 Å². The molecule has 0 bridgehead atoms. The Hall–Kier alpha value is -4.64. The number of aliphatic hydroxyl groups excluding tert-OH is 1. The van der Waals surface area contributed by atoms with Gasteiger partial charge in [-0.05, 0) is 72.6 Å². The first-order valence-electron chi connectivity index (χ1n) is 14.0. The summed E-state index contributed by atoms with van der Waals surface area (Å²) in [6, 6.07) is 29.6. The first-order valence-corrected chi connectivity index (χ1v) is 16.2. The Morgan fingerprint density at radius 2 is 1.64 bits per heavy atom. The fraction of sp³-hybridized carbons (Fsp3) is 0.118. The molecule has 2 heterocycles. The molecule has 1 aliphatic rings. The number of carbonyl (C=O) groups is 2. The van der Waals surface area contributed by atoms with Crippen molar-refractivity contribution in [2.24, 2.45) is 0 Å². The van der Waals surface area contributed by atoms with E-state index in [0.29, 0.717) is 50.1 Å². The topological polar surface area (TPSA) is 102 Å². The average molecular weight is 656 g/mol. The number of hydrogen-bond donors (Lipinski definition) is 1. The first kappa shape index (κ1) is 30.4. The van der Waals surface area contributed by atoms with Crippen molar-refractivity contribution in [3.8, 4) is 17.2 Å². The Morgan fingerprint density at radius 3 is 2.40 bits per heavy atom. The molecule has 5 aromatic rings. The summed E-state index contributed by atoms with van der Waals surface area (Å²) in [6.45, 7) is 2.36. The van der Waals surface area contributed by atoms with E-state index in [4.69, 9.17) is 21.1 Å². The molecule has 11 heteroatoms. The van der Waals surface area contributed by atoms with Gasteiger partial charge in [0, 0.05) is 16.3 Å². The number of para-hydroxylation sites is 1. The average Bonchev–Trinajstić information content (AvgIpc) is 3.63. The number of halogens is 1. The summed E-state index contributed by atoms with van der Waals surface area (Å²) in [7, 11) is 0. The van der Waals surface area contributed by atoms with Gasteiger partial charge in [0.1, 0.15) is 23.0 Å². The summed E-state index contributed by atoms with van der Waals surface area (Å²) in [5.41, 5.74) is 1.79. The minimum atomic E-state index is -0.995. The van der Waals surface area contributed by atoms with E-state index >= 15 is 0 Å². The van der Waals surface area contributed by atoms with Crippen LogP contribution in [0.1, 0.15) is 29.7 Å². The van der Waals surface area contributed by atoms with Gasteiger partial charge in [-0.3, -0.25) is 14.5 Å². The molecule has 1 amide bonds. The maximum absolute atomic E-state index is 13.7. The zero-order valence-corrected chi connectivity index (χ0v) is 26.3. The number of nitrogens with zero attached hydrogens (tertiary/aromatic N) is 3. The molecule has 0 radical (unpaired) electrons. The van der Waals surface area contributed by atoms with Crippen LogP contribution in [0.4, 0.5) is 5.13 Å². The number of rotatable bonds is 10. The van der Waals surface area contributed by atoms with Gasteiger partial charge in [-0.25, -0.2) is 0 Å². The first-order chi connectivity index (χ1) is 21.9. The second-order valence-corrected chi connectivity index (χ2v) is 12.4. The molecule has 1 aromatic heterocycles. The molecular formula is C34H26ClN3O5S2. The maximum Gasteiger partial charge on any atom is 0.301 e. The minimum absolute atomic E-state index is 0.0681. The van der Waals surface area contributed by atoms with Crippen LogP contribution in [0.25, 0.3) is 5.76 Å². The number of aromatic nitrogens is 2. The van der Waals surface area contributed by atoms with E-state index in [0.717, 1.165) is 5.56 Å². The number of anilines is 1. The van der Waals surface area contributed by atoms with Gasteiger partial charge in [0.25, 0.3) is 5.78 Å². The third-order valence-corrected chi connectivity index (χ3v) is 9.42. The Morgan fingerprint density at radius 1 is 0.911 bits per heavy atom. The Labute approximate surface area is 272 Å². The molecule has 4 aromatic carbocycles. The molecule has 1 unspecified atom stereocenters. The predicted molar refractivity (Wildman–Crippen MR) is 176 cm³/mol. The second-order valence-electron chi connectivity index (χ2n) is 9.84. The monoisotopic (exact) mass is 655 g/mol. The van der Waals surface area contributed by atoms with Crippen LogP contribution in [0.5, 0.6) is 17.2 Å². The Balaban J connectivity index is 1.39. The van der Waals surface area contributed by atoms with Gasteiger partial charge in [0.05, 0.1) is 18.2 Å². The lowest BCUT2D eigenvalue weighted by Gasteiger charge is -2.23. The molecule has 0 aliphatic carbocycles. The molecular weight excluding hydrogens is 630 g/mol. The fourth-order valence-corrected chi connectivity index (χ4v) is 7.02. The van der Waals surface area contributed by atoms with Gasteiger partial charge in [0.15, 0.2) is 4.34 Å². The van der Waals surface area contributed by atoms with E-state index < -0.39 is 17.7 Å². The third kappa shape index (κ3) is 6.58. The zero-order valence-electron chi connectivity index (χ0n) is 23.9. The number of ketones is 1. The highest BCUT2D eigenvalue weighted by Crippen LogP contribution is 2.45. The maximum atomic E-state index is 13.7. The minimum Gasteiger partial charge on any atom is -0.507 e.